The van der Waals surface area contributed by atoms with Gasteiger partial charge in [-0.15, -0.1) is 12.2 Å². The maximum atomic E-state index is 9.75. The van der Waals surface area contributed by atoms with Gasteiger partial charge in [-0.3, -0.25) is 0 Å². The minimum absolute atomic E-state index is 0. The van der Waals surface area contributed by atoms with Crippen molar-refractivity contribution in [1.82, 2.24) is 0 Å². The van der Waals surface area contributed by atoms with E-state index in [-0.39, 0.29) is 17.1 Å². The Morgan fingerprint density at radius 3 is 1.28 bits per heavy atom. The molecule has 0 bridgehead atoms. The predicted octanol–water partition coefficient (Wildman–Crippen LogP) is 2.89. The van der Waals surface area contributed by atoms with Crippen LogP contribution in [-0.2, 0) is 31.0 Å². The third-order valence-electron chi connectivity index (χ3n) is 0.767. The first-order valence-electron chi connectivity index (χ1n) is 3.64. The third kappa shape index (κ3) is 121. The van der Waals surface area contributed by atoms with E-state index in [0.717, 1.165) is 6.42 Å². The monoisotopic (exact) mass is 306 g/mol. The molecule has 9 heteroatoms. The van der Waals surface area contributed by atoms with Gasteiger partial charge in [-0.2, -0.15) is 0 Å². The smallest absolute Gasteiger partial charge is 2.00 e. The van der Waals surface area contributed by atoms with Crippen LogP contribution >= 0.6 is 0 Å². The SMILES string of the molecule is C1=C[CH-]CC=C1.F[B-](F)(F)F.[C-]#[O+].[C-]#[O+].[C-]#[O+].[Fe+2]. The first-order chi connectivity index (χ1) is 8.00. The maximum absolute atomic E-state index is 9.75. The number of hydrogen-bond acceptors (Lipinski definition) is 0. The van der Waals surface area contributed by atoms with Gasteiger partial charge in [0.15, 0.2) is 0 Å². The molecule has 0 N–H and O–H groups in total. The van der Waals surface area contributed by atoms with Gasteiger partial charge in [0, 0.05) is 0 Å². The summed E-state index contributed by atoms with van der Waals surface area (Å²) in [4.78, 5) is 0. The minimum atomic E-state index is -6.00. The van der Waals surface area contributed by atoms with E-state index in [1.807, 2.05) is 6.08 Å². The van der Waals surface area contributed by atoms with Gasteiger partial charge in [-0.25, -0.2) is 18.6 Å². The van der Waals surface area contributed by atoms with Gasteiger partial charge in [0.1, 0.15) is 0 Å². The fourth-order valence-corrected chi connectivity index (χ4v) is 0.457. The topological polar surface area (TPSA) is 59.7 Å². The number of halogens is 4. The molecule has 1 aliphatic rings. The van der Waals surface area contributed by atoms with Gasteiger partial charge >= 0.3 is 58.2 Å². The Morgan fingerprint density at radius 2 is 1.22 bits per heavy atom. The van der Waals surface area contributed by atoms with Gasteiger partial charge in [0.25, 0.3) is 0 Å². The molecule has 0 radical (unpaired) electrons. The molecule has 0 heterocycles. The second-order valence-electron chi connectivity index (χ2n) is 1.78. The van der Waals surface area contributed by atoms with Crippen LogP contribution in [0.3, 0.4) is 0 Å². The Bertz CT molecular complexity index is 226. The third-order valence-corrected chi connectivity index (χ3v) is 0.767. The summed E-state index contributed by atoms with van der Waals surface area (Å²) in [5.41, 5.74) is 0. The average molecular weight is 306 g/mol. The largest absolute Gasteiger partial charge is 2.00 e. The Hall–Kier alpha value is -1.13. The molecule has 0 fully saturated rings. The van der Waals surface area contributed by atoms with Crippen molar-refractivity contribution >= 4 is 7.25 Å². The molecule has 18 heavy (non-hydrogen) atoms. The Morgan fingerprint density at radius 1 is 0.889 bits per heavy atom. The molecule has 100 valence electrons. The summed E-state index contributed by atoms with van der Waals surface area (Å²) in [5, 5.41) is 0. The molecule has 1 aliphatic carbocycles. The second-order valence-corrected chi connectivity index (χ2v) is 1.78. The zero-order valence-electron chi connectivity index (χ0n) is 8.76. The van der Waals surface area contributed by atoms with Crippen molar-refractivity contribution in [2.24, 2.45) is 0 Å². The fourth-order valence-electron chi connectivity index (χ4n) is 0.457. The average Bonchev–Trinajstić information content (AvgIpc) is 2.37. The summed E-state index contributed by atoms with van der Waals surface area (Å²) >= 11 is 0. The summed E-state index contributed by atoms with van der Waals surface area (Å²) in [6.45, 7) is 13.5. The van der Waals surface area contributed by atoms with Crippen LogP contribution in [0, 0.1) is 26.4 Å². The van der Waals surface area contributed by atoms with Gasteiger partial charge < -0.3 is 17.3 Å². The van der Waals surface area contributed by atoms with Crippen LogP contribution in [0.25, 0.3) is 0 Å². The zero-order chi connectivity index (χ0) is 14.7. The molecule has 0 saturated carbocycles. The van der Waals surface area contributed by atoms with E-state index in [9.17, 15) is 17.3 Å². The molecule has 0 spiro atoms. The van der Waals surface area contributed by atoms with E-state index < -0.39 is 7.25 Å². The van der Waals surface area contributed by atoms with E-state index in [0.29, 0.717) is 0 Å². The van der Waals surface area contributed by atoms with Crippen molar-refractivity contribution in [2.75, 3.05) is 0 Å². The van der Waals surface area contributed by atoms with Crippen LogP contribution in [0.1, 0.15) is 6.42 Å². The maximum Gasteiger partial charge on any atom is 2.00 e. The molecule has 0 aromatic rings. The quantitative estimate of drug-likeness (QED) is 0.286. The van der Waals surface area contributed by atoms with Gasteiger partial charge in [0.2, 0.25) is 0 Å². The van der Waals surface area contributed by atoms with Crippen LogP contribution in [0.4, 0.5) is 17.3 Å². The molecule has 0 aliphatic heterocycles. The zero-order valence-corrected chi connectivity index (χ0v) is 9.87. The van der Waals surface area contributed by atoms with Crippen molar-refractivity contribution in [1.29, 1.82) is 0 Å². The van der Waals surface area contributed by atoms with E-state index in [1.54, 1.807) is 0 Å². The molecule has 0 amide bonds. The molecular weight excluding hydrogens is 299 g/mol. The molecule has 0 aromatic carbocycles. The van der Waals surface area contributed by atoms with Crippen LogP contribution in [0.15, 0.2) is 24.3 Å². The van der Waals surface area contributed by atoms with Crippen LogP contribution < -0.4 is 0 Å². The summed E-state index contributed by atoms with van der Waals surface area (Å²) in [7, 11) is -6.00. The molecule has 0 aromatic heterocycles. The standard InChI is InChI=1S/C6H7.3CO.BF4.Fe/c1-2-4-6-5-3-1;3*1-2;2-1(3,4)5;/h1-5H,6H2;;;;;/q-1;;;;-1;+2. The van der Waals surface area contributed by atoms with E-state index >= 15 is 0 Å². The van der Waals surface area contributed by atoms with Gasteiger partial charge in [0.05, 0.1) is 0 Å². The van der Waals surface area contributed by atoms with Crippen LogP contribution in [0.2, 0.25) is 0 Å². The number of hydrogen-bond donors (Lipinski definition) is 0. The summed E-state index contributed by atoms with van der Waals surface area (Å²) in [6.07, 6.45) is 11.5. The Balaban J connectivity index is -0.0000000431. The van der Waals surface area contributed by atoms with E-state index in [4.69, 9.17) is 14.0 Å². The van der Waals surface area contributed by atoms with Crippen LogP contribution in [-0.4, -0.2) is 7.25 Å². The molecule has 0 unspecified atom stereocenters. The van der Waals surface area contributed by atoms with Crippen molar-refractivity contribution in [2.45, 2.75) is 6.42 Å². The first kappa shape index (κ1) is 30.2. The van der Waals surface area contributed by atoms with E-state index in [2.05, 4.69) is 44.6 Å². The van der Waals surface area contributed by atoms with Crippen molar-refractivity contribution in [3.05, 3.63) is 50.7 Å². The second kappa shape index (κ2) is 29.7. The number of allylic oxidation sites excluding steroid dienone is 4. The van der Waals surface area contributed by atoms with Crippen molar-refractivity contribution in [3.63, 3.8) is 0 Å². The molecular formula is C9H7BF4FeO3. The van der Waals surface area contributed by atoms with Gasteiger partial charge in [-0.05, 0) is 0 Å². The van der Waals surface area contributed by atoms with Gasteiger partial charge in [-0.1, -0.05) is 6.42 Å². The molecule has 0 saturated heterocycles. The normalized spacial score (nSPS) is 9.44. The molecule has 3 nitrogen and oxygen atoms in total. The number of rotatable bonds is 0. The van der Waals surface area contributed by atoms with Crippen molar-refractivity contribution < 1.29 is 48.3 Å². The van der Waals surface area contributed by atoms with Crippen LogP contribution in [0.5, 0.6) is 0 Å². The van der Waals surface area contributed by atoms with Crippen molar-refractivity contribution in [3.8, 4) is 0 Å². The molecule has 1 rings (SSSR count). The minimum Gasteiger partial charge on any atom is 2.00 e. The summed E-state index contributed by atoms with van der Waals surface area (Å²) in [6, 6.07) is 0. The molecule has 0 atom stereocenters. The summed E-state index contributed by atoms with van der Waals surface area (Å²) in [5.74, 6) is 0. The summed E-state index contributed by atoms with van der Waals surface area (Å²) < 4.78 is 61.5. The fraction of sp³-hybridized carbons (Fsp3) is 0.111. The Labute approximate surface area is 113 Å². The van der Waals surface area contributed by atoms with E-state index in [1.165, 1.54) is 0 Å². The Kier molecular flexibility index (Phi) is 49.8. The predicted molar refractivity (Wildman–Crippen MR) is 49.2 cm³/mol. The first-order valence-corrected chi connectivity index (χ1v) is 3.64.